The summed E-state index contributed by atoms with van der Waals surface area (Å²) >= 11 is 12.1. The van der Waals surface area contributed by atoms with Crippen LogP contribution in [0.3, 0.4) is 0 Å². The third-order valence-corrected chi connectivity index (χ3v) is 3.08. The summed E-state index contributed by atoms with van der Waals surface area (Å²) in [5, 5.41) is 3.55. The lowest BCUT2D eigenvalue weighted by Crippen LogP contribution is -2.11. The van der Waals surface area contributed by atoms with Crippen LogP contribution in [-0.4, -0.2) is 5.91 Å². The summed E-state index contributed by atoms with van der Waals surface area (Å²) in [6.07, 6.45) is 2.14. The van der Waals surface area contributed by atoms with Gasteiger partial charge in [-0.1, -0.05) is 30.1 Å². The third kappa shape index (κ3) is 2.68. The molecule has 0 saturated heterocycles. The number of hydrogen-bond donors (Lipinski definition) is 1. The normalized spacial score (nSPS) is 10.4. The van der Waals surface area contributed by atoms with E-state index in [0.29, 0.717) is 22.2 Å². The van der Waals surface area contributed by atoms with Crippen LogP contribution in [0.15, 0.2) is 28.9 Å². The summed E-state index contributed by atoms with van der Waals surface area (Å²) in [6, 6.07) is 7.69. The SMILES string of the molecule is CCc1c(Cl)[c]c(NC(=O)c2ccco2)cc1Cl. The van der Waals surface area contributed by atoms with Crippen LogP contribution in [0.25, 0.3) is 0 Å². The van der Waals surface area contributed by atoms with Crippen LogP contribution in [-0.2, 0) is 6.42 Å². The van der Waals surface area contributed by atoms with E-state index >= 15 is 0 Å². The molecular formula is C13H10Cl2NO2. The van der Waals surface area contributed by atoms with Gasteiger partial charge >= 0.3 is 0 Å². The third-order valence-electron chi connectivity index (χ3n) is 2.42. The summed E-state index contributed by atoms with van der Waals surface area (Å²) in [5.41, 5.74) is 1.23. The molecule has 3 nitrogen and oxygen atoms in total. The number of carbonyl (C=O) groups excluding carboxylic acids is 1. The van der Waals surface area contributed by atoms with Crippen molar-refractivity contribution in [1.29, 1.82) is 0 Å². The highest BCUT2D eigenvalue weighted by Crippen LogP contribution is 2.29. The number of carbonyl (C=O) groups is 1. The average Bonchev–Trinajstić information content (AvgIpc) is 2.81. The van der Waals surface area contributed by atoms with Gasteiger partial charge in [0.15, 0.2) is 5.76 Å². The second-order valence-corrected chi connectivity index (χ2v) is 4.39. The Morgan fingerprint density at radius 1 is 1.50 bits per heavy atom. The van der Waals surface area contributed by atoms with Gasteiger partial charge in [-0.3, -0.25) is 4.79 Å². The Morgan fingerprint density at radius 2 is 2.28 bits per heavy atom. The molecule has 0 aliphatic heterocycles. The first kappa shape index (κ1) is 13.0. The summed E-state index contributed by atoms with van der Waals surface area (Å²) < 4.78 is 4.98. The molecule has 0 aliphatic carbocycles. The van der Waals surface area contributed by atoms with Crippen LogP contribution >= 0.6 is 23.2 Å². The van der Waals surface area contributed by atoms with E-state index in [1.807, 2.05) is 6.92 Å². The van der Waals surface area contributed by atoms with E-state index in [1.165, 1.54) is 6.26 Å². The number of hydrogen-bond acceptors (Lipinski definition) is 2. The Hall–Kier alpha value is -1.45. The molecule has 1 amide bonds. The number of rotatable bonds is 3. The molecule has 1 N–H and O–H groups in total. The molecule has 18 heavy (non-hydrogen) atoms. The van der Waals surface area contributed by atoms with Gasteiger partial charge in [0.1, 0.15) is 0 Å². The lowest BCUT2D eigenvalue weighted by molar-refractivity contribution is 0.0996. The van der Waals surface area contributed by atoms with Gasteiger partial charge < -0.3 is 9.73 Å². The zero-order valence-electron chi connectivity index (χ0n) is 9.59. The van der Waals surface area contributed by atoms with Crippen LogP contribution < -0.4 is 5.32 Å². The summed E-state index contributed by atoms with van der Waals surface area (Å²) in [7, 11) is 0. The van der Waals surface area contributed by atoms with E-state index in [1.54, 1.807) is 18.2 Å². The van der Waals surface area contributed by atoms with Gasteiger partial charge in [0, 0.05) is 11.1 Å². The van der Waals surface area contributed by atoms with Crippen molar-refractivity contribution in [1.82, 2.24) is 0 Å². The van der Waals surface area contributed by atoms with E-state index in [9.17, 15) is 4.79 Å². The lowest BCUT2D eigenvalue weighted by Gasteiger charge is -2.08. The second-order valence-electron chi connectivity index (χ2n) is 3.61. The lowest BCUT2D eigenvalue weighted by atomic mass is 10.1. The summed E-state index contributed by atoms with van der Waals surface area (Å²) in [6.45, 7) is 1.95. The van der Waals surface area contributed by atoms with Crippen molar-refractivity contribution in [3.63, 3.8) is 0 Å². The Labute approximate surface area is 115 Å². The number of amides is 1. The van der Waals surface area contributed by atoms with Gasteiger partial charge in [0.05, 0.1) is 17.0 Å². The van der Waals surface area contributed by atoms with Crippen LogP contribution in [0.2, 0.25) is 10.0 Å². The maximum atomic E-state index is 11.7. The van der Waals surface area contributed by atoms with E-state index < -0.39 is 0 Å². The Kier molecular flexibility index (Phi) is 3.94. The van der Waals surface area contributed by atoms with Crippen LogP contribution in [0.5, 0.6) is 0 Å². The van der Waals surface area contributed by atoms with Gasteiger partial charge in [-0.05, 0) is 30.2 Å². The number of furan rings is 1. The first-order chi connectivity index (χ1) is 8.61. The minimum atomic E-state index is -0.368. The van der Waals surface area contributed by atoms with Crippen molar-refractivity contribution in [2.24, 2.45) is 0 Å². The van der Waals surface area contributed by atoms with Gasteiger partial charge in [-0.25, -0.2) is 0 Å². The average molecular weight is 283 g/mol. The number of benzene rings is 1. The van der Waals surface area contributed by atoms with Crippen molar-refractivity contribution in [2.45, 2.75) is 13.3 Å². The molecule has 2 rings (SSSR count). The highest BCUT2D eigenvalue weighted by atomic mass is 35.5. The van der Waals surface area contributed by atoms with E-state index in [4.69, 9.17) is 27.6 Å². The quantitative estimate of drug-likeness (QED) is 0.917. The van der Waals surface area contributed by atoms with Crippen molar-refractivity contribution in [3.8, 4) is 0 Å². The first-order valence-corrected chi connectivity index (χ1v) is 6.12. The number of anilines is 1. The Balaban J connectivity index is 2.23. The topological polar surface area (TPSA) is 42.2 Å². The molecule has 2 aromatic rings. The van der Waals surface area contributed by atoms with Crippen LogP contribution in [0, 0.1) is 6.07 Å². The minimum Gasteiger partial charge on any atom is -0.459 e. The molecular weight excluding hydrogens is 273 g/mol. The monoisotopic (exact) mass is 282 g/mol. The molecule has 5 heteroatoms. The molecule has 0 spiro atoms. The van der Waals surface area contributed by atoms with Crippen LogP contribution in [0.4, 0.5) is 5.69 Å². The molecule has 1 heterocycles. The Bertz CT molecular complexity index is 541. The van der Waals surface area contributed by atoms with Crippen molar-refractivity contribution < 1.29 is 9.21 Å². The standard InChI is InChI=1S/C13H10Cl2NO2/c1-2-9-10(14)6-8(7-11(9)15)16-13(17)12-4-3-5-18-12/h3-6H,2H2,1H3,(H,16,17). The predicted molar refractivity (Wildman–Crippen MR) is 71.3 cm³/mol. The molecule has 0 fully saturated rings. The molecule has 0 aliphatic rings. The molecule has 1 aromatic heterocycles. The van der Waals surface area contributed by atoms with E-state index in [-0.39, 0.29) is 11.7 Å². The van der Waals surface area contributed by atoms with E-state index in [2.05, 4.69) is 11.4 Å². The molecule has 0 saturated carbocycles. The fourth-order valence-electron chi connectivity index (χ4n) is 1.53. The predicted octanol–water partition coefficient (Wildman–Crippen LogP) is 4.20. The van der Waals surface area contributed by atoms with Crippen molar-refractivity contribution in [3.05, 3.63) is 51.9 Å². The van der Waals surface area contributed by atoms with Gasteiger partial charge in [-0.2, -0.15) is 0 Å². The maximum absolute atomic E-state index is 11.7. The van der Waals surface area contributed by atoms with E-state index in [0.717, 1.165) is 5.56 Å². The van der Waals surface area contributed by atoms with Gasteiger partial charge in [0.25, 0.3) is 5.91 Å². The molecule has 0 bridgehead atoms. The van der Waals surface area contributed by atoms with Gasteiger partial charge in [0.2, 0.25) is 0 Å². The zero-order valence-corrected chi connectivity index (χ0v) is 11.1. The van der Waals surface area contributed by atoms with Crippen LogP contribution in [0.1, 0.15) is 23.0 Å². The van der Waals surface area contributed by atoms with Crippen molar-refractivity contribution in [2.75, 3.05) is 5.32 Å². The molecule has 0 unspecified atom stereocenters. The first-order valence-electron chi connectivity index (χ1n) is 5.37. The molecule has 93 valence electrons. The van der Waals surface area contributed by atoms with Crippen molar-refractivity contribution >= 4 is 34.8 Å². The summed E-state index contributed by atoms with van der Waals surface area (Å²) in [4.78, 5) is 11.7. The fraction of sp³-hybridized carbons (Fsp3) is 0.154. The summed E-state index contributed by atoms with van der Waals surface area (Å²) in [5.74, 6) is -0.150. The number of halogens is 2. The molecule has 1 radical (unpaired) electrons. The minimum absolute atomic E-state index is 0.218. The maximum Gasteiger partial charge on any atom is 0.291 e. The Morgan fingerprint density at radius 3 is 2.83 bits per heavy atom. The zero-order chi connectivity index (χ0) is 13.1. The fourth-order valence-corrected chi connectivity index (χ4v) is 2.25. The number of nitrogens with one attached hydrogen (secondary N) is 1. The second kappa shape index (κ2) is 5.46. The smallest absolute Gasteiger partial charge is 0.291 e. The largest absolute Gasteiger partial charge is 0.459 e. The van der Waals surface area contributed by atoms with Gasteiger partial charge in [-0.15, -0.1) is 0 Å². The highest BCUT2D eigenvalue weighted by Gasteiger charge is 2.12. The molecule has 1 aromatic carbocycles. The highest BCUT2D eigenvalue weighted by molar-refractivity contribution is 6.36. The molecule has 0 atom stereocenters.